The van der Waals surface area contributed by atoms with Gasteiger partial charge in [-0.05, 0) is 41.4 Å². The van der Waals surface area contributed by atoms with Crippen LogP contribution in [0.5, 0.6) is 5.75 Å². The quantitative estimate of drug-likeness (QED) is 0.697. The van der Waals surface area contributed by atoms with E-state index < -0.39 is 6.36 Å². The van der Waals surface area contributed by atoms with E-state index in [-0.39, 0.29) is 17.7 Å². The Bertz CT molecular complexity index is 753. The van der Waals surface area contributed by atoms with Crippen molar-refractivity contribution < 1.29 is 17.9 Å². The van der Waals surface area contributed by atoms with Crippen molar-refractivity contribution in [3.63, 3.8) is 0 Å². The van der Waals surface area contributed by atoms with Crippen LogP contribution in [0.3, 0.4) is 0 Å². The lowest BCUT2D eigenvalue weighted by atomic mass is 9.87. The molecule has 0 bridgehead atoms. The van der Waals surface area contributed by atoms with Crippen LogP contribution in [0.2, 0.25) is 0 Å². The van der Waals surface area contributed by atoms with Crippen LogP contribution in [0.1, 0.15) is 31.9 Å². The summed E-state index contributed by atoms with van der Waals surface area (Å²) in [5.41, 5.74) is 2.41. The maximum Gasteiger partial charge on any atom is 0.573 e. The van der Waals surface area contributed by atoms with Crippen LogP contribution in [0.15, 0.2) is 48.5 Å². The summed E-state index contributed by atoms with van der Waals surface area (Å²) in [4.78, 5) is 0. The topological polar surface area (TPSA) is 33.3 Å². The fraction of sp³-hybridized carbons (Fsp3) is 0.316. The molecule has 0 aromatic heterocycles. The normalized spacial score (nSPS) is 11.8. The molecular formula is C19H21F3N2OS. The number of rotatable bonds is 4. The highest BCUT2D eigenvalue weighted by Gasteiger charge is 2.31. The van der Waals surface area contributed by atoms with Gasteiger partial charge in [0.25, 0.3) is 0 Å². The zero-order valence-electron chi connectivity index (χ0n) is 14.8. The second kappa shape index (κ2) is 7.95. The summed E-state index contributed by atoms with van der Waals surface area (Å²) in [6, 6.07) is 13.8. The molecule has 0 radical (unpaired) electrons. The highest BCUT2D eigenvalue weighted by molar-refractivity contribution is 7.80. The number of nitrogens with one attached hydrogen (secondary N) is 2. The van der Waals surface area contributed by atoms with Gasteiger partial charge in [0.1, 0.15) is 5.75 Å². The largest absolute Gasteiger partial charge is 0.573 e. The number of para-hydroxylation sites is 1. The van der Waals surface area contributed by atoms with Gasteiger partial charge in [-0.1, -0.05) is 51.1 Å². The number of halogens is 3. The molecule has 26 heavy (non-hydrogen) atoms. The van der Waals surface area contributed by atoms with E-state index in [2.05, 4.69) is 36.1 Å². The maximum absolute atomic E-state index is 12.4. The second-order valence-corrected chi connectivity index (χ2v) is 7.20. The first kappa shape index (κ1) is 20.0. The number of anilines is 1. The highest BCUT2D eigenvalue weighted by Crippen LogP contribution is 2.26. The lowest BCUT2D eigenvalue weighted by molar-refractivity contribution is -0.274. The first-order chi connectivity index (χ1) is 12.0. The van der Waals surface area contributed by atoms with Gasteiger partial charge >= 0.3 is 6.36 Å². The minimum Gasteiger partial charge on any atom is -0.405 e. The Morgan fingerprint density at radius 3 is 2.19 bits per heavy atom. The summed E-state index contributed by atoms with van der Waals surface area (Å²) in [7, 11) is 0. The Balaban J connectivity index is 1.95. The van der Waals surface area contributed by atoms with Crippen molar-refractivity contribution in [3.8, 4) is 5.75 Å². The monoisotopic (exact) mass is 382 g/mol. The van der Waals surface area contributed by atoms with Crippen LogP contribution in [0.25, 0.3) is 0 Å². The van der Waals surface area contributed by atoms with E-state index in [0.29, 0.717) is 10.7 Å². The van der Waals surface area contributed by atoms with E-state index >= 15 is 0 Å². The molecule has 2 aromatic carbocycles. The fourth-order valence-electron chi connectivity index (χ4n) is 2.28. The summed E-state index contributed by atoms with van der Waals surface area (Å²) in [6.45, 7) is 6.49. The van der Waals surface area contributed by atoms with Crippen LogP contribution in [-0.4, -0.2) is 11.5 Å². The number of alkyl halides is 3. The lowest BCUT2D eigenvalue weighted by Crippen LogP contribution is -2.28. The molecule has 0 atom stereocenters. The van der Waals surface area contributed by atoms with Crippen LogP contribution >= 0.6 is 12.2 Å². The molecule has 0 aliphatic heterocycles. The Labute approximate surface area is 156 Å². The van der Waals surface area contributed by atoms with E-state index in [1.165, 1.54) is 17.7 Å². The van der Waals surface area contributed by atoms with Crippen LogP contribution < -0.4 is 15.4 Å². The maximum atomic E-state index is 12.4. The van der Waals surface area contributed by atoms with Crippen molar-refractivity contribution in [2.75, 3.05) is 5.32 Å². The van der Waals surface area contributed by atoms with Gasteiger partial charge in [0.2, 0.25) is 0 Å². The molecule has 2 N–H and O–H groups in total. The van der Waals surface area contributed by atoms with Crippen molar-refractivity contribution in [2.45, 2.75) is 39.1 Å². The number of ether oxygens (including phenoxy) is 1. The Morgan fingerprint density at radius 1 is 1.00 bits per heavy atom. The van der Waals surface area contributed by atoms with E-state index in [1.54, 1.807) is 12.1 Å². The zero-order chi connectivity index (χ0) is 19.4. The molecule has 2 aromatic rings. The summed E-state index contributed by atoms with van der Waals surface area (Å²) in [5, 5.41) is 6.22. The standard InChI is InChI=1S/C19H21F3N2OS/c1-18(2,3)14-8-10-15(11-9-14)24-17(26)23-12-13-6-4-5-7-16(13)25-19(20,21)22/h4-11H,12H2,1-3H3,(H2,23,24,26). The molecule has 0 fully saturated rings. The average molecular weight is 382 g/mol. The molecule has 2 rings (SSSR count). The predicted octanol–water partition coefficient (Wildman–Crippen LogP) is 5.37. The summed E-state index contributed by atoms with van der Waals surface area (Å²) in [6.07, 6.45) is -4.73. The molecule has 140 valence electrons. The van der Waals surface area contributed by atoms with Gasteiger partial charge in [0.15, 0.2) is 5.11 Å². The molecule has 7 heteroatoms. The van der Waals surface area contributed by atoms with Crippen molar-refractivity contribution in [1.82, 2.24) is 5.32 Å². The molecule has 0 heterocycles. The first-order valence-corrected chi connectivity index (χ1v) is 8.44. The minimum atomic E-state index is -4.73. The lowest BCUT2D eigenvalue weighted by Gasteiger charge is -2.19. The Morgan fingerprint density at radius 2 is 1.62 bits per heavy atom. The number of benzene rings is 2. The van der Waals surface area contributed by atoms with Gasteiger partial charge in [-0.15, -0.1) is 13.2 Å². The molecule has 0 saturated heterocycles. The molecule has 0 unspecified atom stereocenters. The third-order valence-corrected chi connectivity index (χ3v) is 3.89. The van der Waals surface area contributed by atoms with Crippen LogP contribution in [-0.2, 0) is 12.0 Å². The predicted molar refractivity (Wildman–Crippen MR) is 101 cm³/mol. The minimum absolute atomic E-state index is 0.0550. The van der Waals surface area contributed by atoms with Gasteiger partial charge in [0, 0.05) is 17.8 Å². The van der Waals surface area contributed by atoms with E-state index in [1.807, 2.05) is 24.3 Å². The third-order valence-electron chi connectivity index (χ3n) is 3.65. The van der Waals surface area contributed by atoms with E-state index in [0.717, 1.165) is 5.69 Å². The molecule has 0 saturated carbocycles. The Hall–Kier alpha value is -2.28. The van der Waals surface area contributed by atoms with Gasteiger partial charge in [-0.25, -0.2) is 0 Å². The number of thiocarbonyl (C=S) groups is 1. The molecule has 0 aliphatic rings. The Kier molecular flexibility index (Phi) is 6.13. The summed E-state index contributed by atoms with van der Waals surface area (Å²) in [5.74, 6) is -0.246. The molecular weight excluding hydrogens is 361 g/mol. The van der Waals surface area contributed by atoms with Crippen molar-refractivity contribution >= 4 is 23.0 Å². The van der Waals surface area contributed by atoms with Crippen molar-refractivity contribution in [3.05, 3.63) is 59.7 Å². The van der Waals surface area contributed by atoms with Gasteiger partial charge < -0.3 is 15.4 Å². The van der Waals surface area contributed by atoms with Crippen LogP contribution in [0, 0.1) is 0 Å². The first-order valence-electron chi connectivity index (χ1n) is 8.04. The fourth-order valence-corrected chi connectivity index (χ4v) is 2.47. The number of hydrogen-bond donors (Lipinski definition) is 2. The number of hydrogen-bond acceptors (Lipinski definition) is 2. The summed E-state index contributed by atoms with van der Waals surface area (Å²) < 4.78 is 41.4. The molecule has 0 spiro atoms. The smallest absolute Gasteiger partial charge is 0.405 e. The molecule has 0 amide bonds. The molecule has 0 aliphatic carbocycles. The summed E-state index contributed by atoms with van der Waals surface area (Å²) >= 11 is 5.21. The third kappa shape index (κ3) is 6.22. The van der Waals surface area contributed by atoms with Crippen molar-refractivity contribution in [2.24, 2.45) is 0 Å². The van der Waals surface area contributed by atoms with Crippen LogP contribution in [0.4, 0.5) is 18.9 Å². The molecule has 3 nitrogen and oxygen atoms in total. The van der Waals surface area contributed by atoms with Gasteiger partial charge in [-0.2, -0.15) is 0 Å². The van der Waals surface area contributed by atoms with E-state index in [4.69, 9.17) is 12.2 Å². The highest BCUT2D eigenvalue weighted by atomic mass is 32.1. The SMILES string of the molecule is CC(C)(C)c1ccc(NC(=S)NCc2ccccc2OC(F)(F)F)cc1. The van der Waals surface area contributed by atoms with Gasteiger partial charge in [0.05, 0.1) is 0 Å². The van der Waals surface area contributed by atoms with E-state index in [9.17, 15) is 13.2 Å². The van der Waals surface area contributed by atoms with Gasteiger partial charge in [-0.3, -0.25) is 0 Å². The average Bonchev–Trinajstić information content (AvgIpc) is 2.52. The second-order valence-electron chi connectivity index (χ2n) is 6.79. The van der Waals surface area contributed by atoms with Crippen molar-refractivity contribution in [1.29, 1.82) is 0 Å². The zero-order valence-corrected chi connectivity index (χ0v) is 15.6.